The van der Waals surface area contributed by atoms with E-state index < -0.39 is 5.60 Å². The SMILES string of the molecule is COc1ccc(Br)c(NCC2CCCN2C(=O)OC(C)(C)C)c1. The van der Waals surface area contributed by atoms with Gasteiger partial charge < -0.3 is 19.7 Å². The summed E-state index contributed by atoms with van der Waals surface area (Å²) in [6.45, 7) is 7.11. The zero-order valence-electron chi connectivity index (χ0n) is 14.2. The molecule has 0 radical (unpaired) electrons. The molecule has 23 heavy (non-hydrogen) atoms. The quantitative estimate of drug-likeness (QED) is 0.841. The fourth-order valence-electron chi connectivity index (χ4n) is 2.60. The maximum absolute atomic E-state index is 12.3. The van der Waals surface area contributed by atoms with Crippen LogP contribution in [-0.4, -0.2) is 42.8 Å². The maximum atomic E-state index is 12.3. The Balaban J connectivity index is 1.98. The van der Waals surface area contributed by atoms with Gasteiger partial charge in [-0.3, -0.25) is 0 Å². The number of amides is 1. The van der Waals surface area contributed by atoms with Crippen LogP contribution in [0.5, 0.6) is 5.75 Å². The summed E-state index contributed by atoms with van der Waals surface area (Å²) >= 11 is 3.53. The molecule has 1 aromatic carbocycles. The van der Waals surface area contributed by atoms with Crippen molar-refractivity contribution in [3.8, 4) is 5.75 Å². The molecule has 0 spiro atoms. The first kappa shape index (κ1) is 17.9. The molecule has 1 aliphatic rings. The number of nitrogens with one attached hydrogen (secondary N) is 1. The Morgan fingerprint density at radius 2 is 2.17 bits per heavy atom. The zero-order valence-corrected chi connectivity index (χ0v) is 15.8. The monoisotopic (exact) mass is 384 g/mol. The molecule has 0 aromatic heterocycles. The number of methoxy groups -OCH3 is 1. The molecule has 5 nitrogen and oxygen atoms in total. The minimum atomic E-state index is -0.465. The number of benzene rings is 1. The Morgan fingerprint density at radius 3 is 2.83 bits per heavy atom. The van der Waals surface area contributed by atoms with E-state index >= 15 is 0 Å². The Hall–Kier alpha value is -1.43. The van der Waals surface area contributed by atoms with Gasteiger partial charge in [0.15, 0.2) is 0 Å². The van der Waals surface area contributed by atoms with E-state index in [0.717, 1.165) is 35.3 Å². The molecule has 1 aromatic rings. The van der Waals surface area contributed by atoms with Gasteiger partial charge in [-0.1, -0.05) is 0 Å². The van der Waals surface area contributed by atoms with Crippen LogP contribution in [-0.2, 0) is 4.74 Å². The number of carbonyl (C=O) groups is 1. The topological polar surface area (TPSA) is 50.8 Å². The average Bonchev–Trinajstić information content (AvgIpc) is 2.93. The average molecular weight is 385 g/mol. The number of anilines is 1. The lowest BCUT2D eigenvalue weighted by Gasteiger charge is -2.29. The fraction of sp³-hybridized carbons (Fsp3) is 0.588. The lowest BCUT2D eigenvalue weighted by Crippen LogP contribution is -2.42. The number of hydrogen-bond donors (Lipinski definition) is 1. The van der Waals surface area contributed by atoms with E-state index in [9.17, 15) is 4.79 Å². The second-order valence-corrected chi connectivity index (χ2v) is 7.55. The second-order valence-electron chi connectivity index (χ2n) is 6.70. The van der Waals surface area contributed by atoms with Crippen LogP contribution < -0.4 is 10.1 Å². The second kappa shape index (κ2) is 7.43. The standard InChI is InChI=1S/C17H25BrN2O3/c1-17(2,3)23-16(21)20-9-5-6-12(20)11-19-15-10-13(22-4)7-8-14(15)18/h7-8,10,12,19H,5-6,9,11H2,1-4H3. The molecular formula is C17H25BrN2O3. The molecule has 0 saturated carbocycles. The van der Waals surface area contributed by atoms with E-state index in [0.29, 0.717) is 6.54 Å². The van der Waals surface area contributed by atoms with Crippen LogP contribution >= 0.6 is 15.9 Å². The molecule has 0 aliphatic carbocycles. The summed E-state index contributed by atoms with van der Waals surface area (Å²) in [7, 11) is 1.65. The molecule has 1 aliphatic heterocycles. The molecule has 1 heterocycles. The minimum absolute atomic E-state index is 0.142. The summed E-state index contributed by atoms with van der Waals surface area (Å²) in [6, 6.07) is 5.93. The minimum Gasteiger partial charge on any atom is -0.497 e. The molecule has 2 rings (SSSR count). The van der Waals surface area contributed by atoms with Crippen molar-refractivity contribution in [3.05, 3.63) is 22.7 Å². The first-order valence-electron chi connectivity index (χ1n) is 7.87. The van der Waals surface area contributed by atoms with Gasteiger partial charge in [-0.15, -0.1) is 0 Å². The lowest BCUT2D eigenvalue weighted by atomic mass is 10.2. The smallest absolute Gasteiger partial charge is 0.410 e. The van der Waals surface area contributed by atoms with E-state index in [1.165, 1.54) is 0 Å². The number of ether oxygens (including phenoxy) is 2. The predicted molar refractivity (Wildman–Crippen MR) is 95.1 cm³/mol. The van der Waals surface area contributed by atoms with Crippen molar-refractivity contribution in [2.75, 3.05) is 25.5 Å². The Morgan fingerprint density at radius 1 is 1.43 bits per heavy atom. The van der Waals surface area contributed by atoms with Gasteiger partial charge in [0.1, 0.15) is 11.4 Å². The third-order valence-electron chi connectivity index (χ3n) is 3.71. The van der Waals surface area contributed by atoms with Crippen molar-refractivity contribution in [2.24, 2.45) is 0 Å². The van der Waals surface area contributed by atoms with Crippen molar-refractivity contribution in [1.82, 2.24) is 4.90 Å². The van der Waals surface area contributed by atoms with E-state index in [4.69, 9.17) is 9.47 Å². The summed E-state index contributed by atoms with van der Waals surface area (Å²) in [5.74, 6) is 0.797. The molecule has 128 valence electrons. The van der Waals surface area contributed by atoms with E-state index in [1.807, 2.05) is 43.9 Å². The molecule has 6 heteroatoms. The predicted octanol–water partition coefficient (Wildman–Crippen LogP) is 4.27. The molecule has 0 bridgehead atoms. The van der Waals surface area contributed by atoms with E-state index in [-0.39, 0.29) is 12.1 Å². The van der Waals surface area contributed by atoms with E-state index in [2.05, 4.69) is 21.2 Å². The first-order valence-corrected chi connectivity index (χ1v) is 8.66. The molecule has 1 saturated heterocycles. The summed E-state index contributed by atoms with van der Waals surface area (Å²) < 4.78 is 11.7. The van der Waals surface area contributed by atoms with Crippen LogP contribution in [0.15, 0.2) is 22.7 Å². The van der Waals surface area contributed by atoms with Gasteiger partial charge in [0.2, 0.25) is 0 Å². The number of hydrogen-bond acceptors (Lipinski definition) is 4. The van der Waals surface area contributed by atoms with Crippen LogP contribution in [0, 0.1) is 0 Å². The number of nitrogens with zero attached hydrogens (tertiary/aromatic N) is 1. The van der Waals surface area contributed by atoms with Gasteiger partial charge in [0.05, 0.1) is 18.8 Å². The largest absolute Gasteiger partial charge is 0.497 e. The summed E-state index contributed by atoms with van der Waals surface area (Å²) in [4.78, 5) is 14.1. The Bertz CT molecular complexity index is 557. The Labute approximate surface area is 146 Å². The highest BCUT2D eigenvalue weighted by Gasteiger charge is 2.32. The third-order valence-corrected chi connectivity index (χ3v) is 4.40. The Kier molecular flexibility index (Phi) is 5.79. The molecule has 1 unspecified atom stereocenters. The van der Waals surface area contributed by atoms with Crippen molar-refractivity contribution >= 4 is 27.7 Å². The molecule has 1 fully saturated rings. The summed E-state index contributed by atoms with van der Waals surface area (Å²) in [6.07, 6.45) is 1.75. The van der Waals surface area contributed by atoms with Gasteiger partial charge in [-0.05, 0) is 61.7 Å². The van der Waals surface area contributed by atoms with Crippen LogP contribution in [0.2, 0.25) is 0 Å². The number of carbonyl (C=O) groups excluding carboxylic acids is 1. The zero-order chi connectivity index (χ0) is 17.0. The van der Waals surface area contributed by atoms with Crippen LogP contribution in [0.3, 0.4) is 0 Å². The van der Waals surface area contributed by atoms with Gasteiger partial charge in [0, 0.05) is 23.6 Å². The first-order chi connectivity index (χ1) is 10.8. The highest BCUT2D eigenvalue weighted by Crippen LogP contribution is 2.28. The highest BCUT2D eigenvalue weighted by molar-refractivity contribution is 9.10. The van der Waals surface area contributed by atoms with Crippen LogP contribution in [0.1, 0.15) is 33.6 Å². The fourth-order valence-corrected chi connectivity index (χ4v) is 2.99. The number of likely N-dealkylation sites (tertiary alicyclic amines) is 1. The van der Waals surface area contributed by atoms with Crippen molar-refractivity contribution in [2.45, 2.75) is 45.3 Å². The van der Waals surface area contributed by atoms with Gasteiger partial charge in [-0.25, -0.2) is 4.79 Å². The van der Waals surface area contributed by atoms with Gasteiger partial charge >= 0.3 is 6.09 Å². The summed E-state index contributed by atoms with van der Waals surface area (Å²) in [5.41, 5.74) is 0.494. The molecule has 1 N–H and O–H groups in total. The molecular weight excluding hydrogens is 360 g/mol. The van der Waals surface area contributed by atoms with Gasteiger partial charge in [-0.2, -0.15) is 0 Å². The van der Waals surface area contributed by atoms with Crippen molar-refractivity contribution < 1.29 is 14.3 Å². The third kappa shape index (κ3) is 5.03. The van der Waals surface area contributed by atoms with Crippen LogP contribution in [0.4, 0.5) is 10.5 Å². The lowest BCUT2D eigenvalue weighted by molar-refractivity contribution is 0.0235. The molecule has 1 amide bonds. The van der Waals surface area contributed by atoms with E-state index in [1.54, 1.807) is 7.11 Å². The number of rotatable bonds is 4. The van der Waals surface area contributed by atoms with Crippen molar-refractivity contribution in [1.29, 1.82) is 0 Å². The normalized spacial score (nSPS) is 18.0. The van der Waals surface area contributed by atoms with Crippen LogP contribution in [0.25, 0.3) is 0 Å². The van der Waals surface area contributed by atoms with Crippen molar-refractivity contribution in [3.63, 3.8) is 0 Å². The number of halogens is 1. The van der Waals surface area contributed by atoms with Gasteiger partial charge in [0.25, 0.3) is 0 Å². The highest BCUT2D eigenvalue weighted by atomic mass is 79.9. The summed E-state index contributed by atoms with van der Waals surface area (Å²) in [5, 5.41) is 3.40. The molecule has 1 atom stereocenters. The maximum Gasteiger partial charge on any atom is 0.410 e.